The van der Waals surface area contributed by atoms with E-state index in [1.54, 1.807) is 30.1 Å². The Morgan fingerprint density at radius 3 is 2.90 bits per heavy atom. The monoisotopic (exact) mass is 290 g/mol. The minimum absolute atomic E-state index is 0.00286. The highest BCUT2D eigenvalue weighted by Crippen LogP contribution is 2.17. The van der Waals surface area contributed by atoms with Crippen molar-refractivity contribution in [1.82, 2.24) is 20.1 Å². The minimum atomic E-state index is -0.133. The van der Waals surface area contributed by atoms with Gasteiger partial charge in [-0.2, -0.15) is 0 Å². The second kappa shape index (κ2) is 7.06. The van der Waals surface area contributed by atoms with Gasteiger partial charge in [0.05, 0.1) is 18.2 Å². The van der Waals surface area contributed by atoms with Crippen LogP contribution in [0.5, 0.6) is 0 Å². The lowest BCUT2D eigenvalue weighted by Gasteiger charge is -2.33. The molecule has 1 aromatic rings. The first-order valence-corrected chi connectivity index (χ1v) is 7.22. The van der Waals surface area contributed by atoms with Crippen LogP contribution in [0.4, 0.5) is 4.79 Å². The average molecular weight is 290 g/mol. The number of pyridine rings is 1. The largest absolute Gasteiger partial charge is 0.350 e. The van der Waals surface area contributed by atoms with E-state index in [4.69, 9.17) is 0 Å². The van der Waals surface area contributed by atoms with Gasteiger partial charge < -0.3 is 15.1 Å². The van der Waals surface area contributed by atoms with Crippen LogP contribution in [0.2, 0.25) is 0 Å². The van der Waals surface area contributed by atoms with E-state index in [-0.39, 0.29) is 17.9 Å². The fraction of sp³-hybridized carbons (Fsp3) is 0.533. The van der Waals surface area contributed by atoms with E-state index in [2.05, 4.69) is 10.3 Å². The number of nitrogens with zero attached hydrogens (tertiary/aromatic N) is 3. The summed E-state index contributed by atoms with van der Waals surface area (Å²) in [4.78, 5) is 31.6. The van der Waals surface area contributed by atoms with Crippen LogP contribution in [-0.4, -0.2) is 53.9 Å². The standard InChI is InChI=1S/C15H22N4O2/c1-18(2)15(21)19-9-5-6-12(11-19)14(20)17-10-13-7-3-4-8-16-13/h3-4,7-8,12H,5-6,9-11H2,1-2H3,(H,17,20)/t12-/m1/s1. The summed E-state index contributed by atoms with van der Waals surface area (Å²) < 4.78 is 0. The maximum atomic E-state index is 12.2. The molecular formula is C15H22N4O2. The number of hydrogen-bond donors (Lipinski definition) is 1. The molecule has 1 aromatic heterocycles. The van der Waals surface area contributed by atoms with Gasteiger partial charge in [0, 0.05) is 33.4 Å². The molecule has 2 heterocycles. The van der Waals surface area contributed by atoms with Gasteiger partial charge in [0.15, 0.2) is 0 Å². The summed E-state index contributed by atoms with van der Waals surface area (Å²) in [7, 11) is 3.46. The van der Waals surface area contributed by atoms with Crippen molar-refractivity contribution in [3.63, 3.8) is 0 Å². The zero-order chi connectivity index (χ0) is 15.2. The van der Waals surface area contributed by atoms with E-state index in [1.807, 2.05) is 18.2 Å². The van der Waals surface area contributed by atoms with Gasteiger partial charge in [-0.15, -0.1) is 0 Å². The molecule has 1 atom stereocenters. The first-order valence-electron chi connectivity index (χ1n) is 7.22. The Labute approximate surface area is 125 Å². The molecule has 0 aromatic carbocycles. The zero-order valence-corrected chi connectivity index (χ0v) is 12.6. The first kappa shape index (κ1) is 15.3. The molecule has 0 radical (unpaired) electrons. The predicted octanol–water partition coefficient (Wildman–Crippen LogP) is 1.09. The van der Waals surface area contributed by atoms with Crippen molar-refractivity contribution >= 4 is 11.9 Å². The highest BCUT2D eigenvalue weighted by atomic mass is 16.2. The fourth-order valence-corrected chi connectivity index (χ4v) is 2.47. The SMILES string of the molecule is CN(C)C(=O)N1CCC[C@@H](C(=O)NCc2ccccn2)C1. The van der Waals surface area contributed by atoms with Crippen molar-refractivity contribution in [1.29, 1.82) is 0 Å². The molecule has 0 aliphatic carbocycles. The first-order chi connectivity index (χ1) is 10.1. The number of piperidine rings is 1. The van der Waals surface area contributed by atoms with Crippen molar-refractivity contribution in [2.75, 3.05) is 27.2 Å². The van der Waals surface area contributed by atoms with Gasteiger partial charge >= 0.3 is 6.03 Å². The number of nitrogens with one attached hydrogen (secondary N) is 1. The van der Waals surface area contributed by atoms with Crippen molar-refractivity contribution in [3.8, 4) is 0 Å². The summed E-state index contributed by atoms with van der Waals surface area (Å²) in [5.41, 5.74) is 0.836. The van der Waals surface area contributed by atoms with Crippen molar-refractivity contribution in [2.24, 2.45) is 5.92 Å². The Morgan fingerprint density at radius 2 is 2.24 bits per heavy atom. The number of urea groups is 1. The lowest BCUT2D eigenvalue weighted by atomic mass is 9.97. The van der Waals surface area contributed by atoms with Crippen LogP contribution in [0.1, 0.15) is 18.5 Å². The maximum absolute atomic E-state index is 12.2. The number of hydrogen-bond acceptors (Lipinski definition) is 3. The van der Waals surface area contributed by atoms with Gasteiger partial charge in [-0.1, -0.05) is 6.07 Å². The van der Waals surface area contributed by atoms with Crippen LogP contribution in [0.3, 0.4) is 0 Å². The van der Waals surface area contributed by atoms with Gasteiger partial charge in [-0.25, -0.2) is 4.79 Å². The molecule has 1 fully saturated rings. The molecule has 2 rings (SSSR count). The molecular weight excluding hydrogens is 268 g/mol. The van der Waals surface area contributed by atoms with Crippen LogP contribution < -0.4 is 5.32 Å². The molecule has 0 spiro atoms. The molecule has 114 valence electrons. The Balaban J connectivity index is 1.86. The third kappa shape index (κ3) is 4.18. The van der Waals surface area contributed by atoms with E-state index < -0.39 is 0 Å². The number of likely N-dealkylation sites (tertiary alicyclic amines) is 1. The molecule has 3 amide bonds. The summed E-state index contributed by atoms with van der Waals surface area (Å²) in [5.74, 6) is -0.136. The molecule has 0 saturated carbocycles. The zero-order valence-electron chi connectivity index (χ0n) is 12.6. The Morgan fingerprint density at radius 1 is 1.43 bits per heavy atom. The molecule has 1 saturated heterocycles. The number of aromatic nitrogens is 1. The summed E-state index contributed by atoms with van der Waals surface area (Å²) >= 11 is 0. The summed E-state index contributed by atoms with van der Waals surface area (Å²) in [6.07, 6.45) is 3.39. The third-order valence-electron chi connectivity index (χ3n) is 3.62. The average Bonchev–Trinajstić information content (AvgIpc) is 2.53. The fourth-order valence-electron chi connectivity index (χ4n) is 2.47. The van der Waals surface area contributed by atoms with Gasteiger partial charge in [0.2, 0.25) is 5.91 Å². The second-order valence-corrected chi connectivity index (χ2v) is 5.50. The minimum Gasteiger partial charge on any atom is -0.350 e. The smallest absolute Gasteiger partial charge is 0.319 e. The van der Waals surface area contributed by atoms with Crippen LogP contribution in [0.15, 0.2) is 24.4 Å². The van der Waals surface area contributed by atoms with Gasteiger partial charge in [0.1, 0.15) is 0 Å². The van der Waals surface area contributed by atoms with Crippen LogP contribution in [-0.2, 0) is 11.3 Å². The molecule has 6 heteroatoms. The molecule has 6 nitrogen and oxygen atoms in total. The van der Waals surface area contributed by atoms with E-state index >= 15 is 0 Å². The van der Waals surface area contributed by atoms with Crippen molar-refractivity contribution in [3.05, 3.63) is 30.1 Å². The third-order valence-corrected chi connectivity index (χ3v) is 3.62. The number of carbonyl (C=O) groups is 2. The van der Waals surface area contributed by atoms with Gasteiger partial charge in [0.25, 0.3) is 0 Å². The van der Waals surface area contributed by atoms with Crippen molar-refractivity contribution < 1.29 is 9.59 Å². The summed E-state index contributed by atoms with van der Waals surface area (Å²) in [6, 6.07) is 5.59. The van der Waals surface area contributed by atoms with Crippen molar-refractivity contribution in [2.45, 2.75) is 19.4 Å². The van der Waals surface area contributed by atoms with Crippen LogP contribution >= 0.6 is 0 Å². The van der Waals surface area contributed by atoms with Gasteiger partial charge in [-0.3, -0.25) is 9.78 Å². The second-order valence-electron chi connectivity index (χ2n) is 5.50. The molecule has 21 heavy (non-hydrogen) atoms. The molecule has 1 aliphatic heterocycles. The predicted molar refractivity (Wildman–Crippen MR) is 79.5 cm³/mol. The lowest BCUT2D eigenvalue weighted by Crippen LogP contribution is -2.48. The Kier molecular flexibility index (Phi) is 5.14. The maximum Gasteiger partial charge on any atom is 0.319 e. The highest BCUT2D eigenvalue weighted by Gasteiger charge is 2.28. The topological polar surface area (TPSA) is 65.5 Å². The van der Waals surface area contributed by atoms with Gasteiger partial charge in [-0.05, 0) is 25.0 Å². The number of amides is 3. The molecule has 0 bridgehead atoms. The van der Waals surface area contributed by atoms with E-state index in [9.17, 15) is 9.59 Å². The Hall–Kier alpha value is -2.11. The Bertz CT molecular complexity index is 490. The van der Waals surface area contributed by atoms with Crippen LogP contribution in [0, 0.1) is 5.92 Å². The van der Waals surface area contributed by atoms with E-state index in [1.165, 1.54) is 0 Å². The molecule has 1 N–H and O–H groups in total. The molecule has 0 unspecified atom stereocenters. The molecule has 1 aliphatic rings. The van der Waals surface area contributed by atoms with Crippen LogP contribution in [0.25, 0.3) is 0 Å². The van der Waals surface area contributed by atoms with E-state index in [0.29, 0.717) is 13.1 Å². The quantitative estimate of drug-likeness (QED) is 0.906. The number of carbonyl (C=O) groups excluding carboxylic acids is 2. The number of rotatable bonds is 3. The summed E-state index contributed by atoms with van der Waals surface area (Å²) in [6.45, 7) is 1.64. The normalized spacial score (nSPS) is 18.2. The highest BCUT2D eigenvalue weighted by molar-refractivity contribution is 5.80. The summed E-state index contributed by atoms with van der Waals surface area (Å²) in [5, 5.41) is 2.90. The lowest BCUT2D eigenvalue weighted by molar-refractivity contribution is -0.126. The van der Waals surface area contributed by atoms with E-state index in [0.717, 1.165) is 25.1 Å².